The zero-order valence-electron chi connectivity index (χ0n) is 12.9. The van der Waals surface area contributed by atoms with Crippen molar-refractivity contribution in [3.05, 3.63) is 49.1 Å². The van der Waals surface area contributed by atoms with Crippen LogP contribution < -0.4 is 10.1 Å². The fourth-order valence-electron chi connectivity index (χ4n) is 2.15. The molecule has 3 aromatic rings. The molecule has 3 rings (SSSR count). The van der Waals surface area contributed by atoms with Crippen LogP contribution in [0.4, 0.5) is 5.69 Å². The molecule has 0 saturated carbocycles. The van der Waals surface area contributed by atoms with Gasteiger partial charge in [0.05, 0.1) is 18.1 Å². The SMILES string of the molecule is Cn1cc(NC(=O)COc2ccc(-c3cnn(C)c3)cc2)cn1. The normalized spacial score (nSPS) is 10.5. The molecule has 7 heteroatoms. The first-order chi connectivity index (χ1) is 11.1. The molecule has 0 atom stereocenters. The number of aryl methyl sites for hydroxylation is 2. The number of nitrogens with one attached hydrogen (secondary N) is 1. The van der Waals surface area contributed by atoms with Crippen molar-refractivity contribution in [1.29, 1.82) is 0 Å². The lowest BCUT2D eigenvalue weighted by Gasteiger charge is -2.06. The highest BCUT2D eigenvalue weighted by Gasteiger charge is 2.06. The average molecular weight is 311 g/mol. The number of benzene rings is 1. The van der Waals surface area contributed by atoms with Crippen molar-refractivity contribution in [2.45, 2.75) is 0 Å². The maximum Gasteiger partial charge on any atom is 0.262 e. The minimum Gasteiger partial charge on any atom is -0.484 e. The van der Waals surface area contributed by atoms with E-state index >= 15 is 0 Å². The van der Waals surface area contributed by atoms with Gasteiger partial charge in [-0.1, -0.05) is 12.1 Å². The number of ether oxygens (including phenoxy) is 1. The maximum atomic E-state index is 11.8. The van der Waals surface area contributed by atoms with E-state index in [0.717, 1.165) is 11.1 Å². The number of aromatic nitrogens is 4. The third kappa shape index (κ3) is 3.76. The van der Waals surface area contributed by atoms with Gasteiger partial charge in [-0.05, 0) is 17.7 Å². The van der Waals surface area contributed by atoms with Gasteiger partial charge in [-0.15, -0.1) is 0 Å². The van der Waals surface area contributed by atoms with Gasteiger partial charge in [-0.3, -0.25) is 14.2 Å². The lowest BCUT2D eigenvalue weighted by atomic mass is 10.1. The van der Waals surface area contributed by atoms with Gasteiger partial charge in [0.1, 0.15) is 5.75 Å². The van der Waals surface area contributed by atoms with Crippen LogP contribution in [0.25, 0.3) is 11.1 Å². The number of nitrogens with zero attached hydrogens (tertiary/aromatic N) is 4. The van der Waals surface area contributed by atoms with Gasteiger partial charge in [0, 0.05) is 32.1 Å². The second-order valence-corrected chi connectivity index (χ2v) is 5.17. The van der Waals surface area contributed by atoms with Crippen LogP contribution in [0.1, 0.15) is 0 Å². The van der Waals surface area contributed by atoms with E-state index < -0.39 is 0 Å². The molecule has 23 heavy (non-hydrogen) atoms. The van der Waals surface area contributed by atoms with Gasteiger partial charge >= 0.3 is 0 Å². The van der Waals surface area contributed by atoms with E-state index in [1.54, 1.807) is 35.0 Å². The zero-order chi connectivity index (χ0) is 16.2. The Bertz CT molecular complexity index is 804. The average Bonchev–Trinajstić information content (AvgIpc) is 3.14. The summed E-state index contributed by atoms with van der Waals surface area (Å²) in [4.78, 5) is 11.8. The van der Waals surface area contributed by atoms with E-state index in [1.807, 2.05) is 37.5 Å². The highest BCUT2D eigenvalue weighted by atomic mass is 16.5. The molecular weight excluding hydrogens is 294 g/mol. The molecule has 1 amide bonds. The Labute approximate surface area is 133 Å². The van der Waals surface area contributed by atoms with Crippen molar-refractivity contribution in [1.82, 2.24) is 19.6 Å². The Morgan fingerprint density at radius 2 is 1.74 bits per heavy atom. The molecule has 0 fully saturated rings. The third-order valence-electron chi connectivity index (χ3n) is 3.25. The first-order valence-corrected chi connectivity index (χ1v) is 7.10. The van der Waals surface area contributed by atoms with Crippen LogP contribution in [0.2, 0.25) is 0 Å². The molecule has 1 N–H and O–H groups in total. The predicted molar refractivity (Wildman–Crippen MR) is 86.0 cm³/mol. The van der Waals surface area contributed by atoms with E-state index in [2.05, 4.69) is 15.5 Å². The van der Waals surface area contributed by atoms with Crippen molar-refractivity contribution < 1.29 is 9.53 Å². The molecule has 2 heterocycles. The molecule has 2 aromatic heterocycles. The molecule has 0 spiro atoms. The van der Waals surface area contributed by atoms with E-state index in [9.17, 15) is 4.79 Å². The Hall–Kier alpha value is -3.09. The smallest absolute Gasteiger partial charge is 0.262 e. The van der Waals surface area contributed by atoms with Crippen molar-refractivity contribution in [2.24, 2.45) is 14.1 Å². The molecule has 0 aliphatic carbocycles. The van der Waals surface area contributed by atoms with Gasteiger partial charge < -0.3 is 10.1 Å². The van der Waals surface area contributed by atoms with Crippen molar-refractivity contribution in [2.75, 3.05) is 11.9 Å². The first-order valence-electron chi connectivity index (χ1n) is 7.10. The van der Waals surface area contributed by atoms with Crippen molar-refractivity contribution in [3.63, 3.8) is 0 Å². The first kappa shape index (κ1) is 14.8. The van der Waals surface area contributed by atoms with E-state index in [0.29, 0.717) is 11.4 Å². The number of amides is 1. The minimum absolute atomic E-state index is 0.0544. The van der Waals surface area contributed by atoms with E-state index in [-0.39, 0.29) is 12.5 Å². The second-order valence-electron chi connectivity index (χ2n) is 5.17. The predicted octanol–water partition coefficient (Wildman–Crippen LogP) is 1.84. The highest BCUT2D eigenvalue weighted by Crippen LogP contribution is 2.21. The summed E-state index contributed by atoms with van der Waals surface area (Å²) in [5.41, 5.74) is 2.73. The van der Waals surface area contributed by atoms with Crippen LogP contribution in [0.5, 0.6) is 5.75 Å². The fraction of sp³-hybridized carbons (Fsp3) is 0.188. The summed E-state index contributed by atoms with van der Waals surface area (Å²) in [7, 11) is 3.66. The Morgan fingerprint density at radius 1 is 1.04 bits per heavy atom. The largest absolute Gasteiger partial charge is 0.484 e. The quantitative estimate of drug-likeness (QED) is 0.780. The molecule has 7 nitrogen and oxygen atoms in total. The summed E-state index contributed by atoms with van der Waals surface area (Å²) in [6.45, 7) is -0.0544. The second kappa shape index (κ2) is 6.35. The van der Waals surface area contributed by atoms with Gasteiger partial charge in [0.15, 0.2) is 6.61 Å². The Kier molecular flexibility index (Phi) is 4.09. The molecule has 0 radical (unpaired) electrons. The summed E-state index contributed by atoms with van der Waals surface area (Å²) in [5, 5.41) is 10.8. The van der Waals surface area contributed by atoms with E-state index in [1.165, 1.54) is 0 Å². The number of anilines is 1. The standard InChI is InChI=1S/C16H17N5O2/c1-20-9-13(7-17-20)12-3-5-15(6-4-12)23-11-16(22)19-14-8-18-21(2)10-14/h3-10H,11H2,1-2H3,(H,19,22). The van der Waals surface area contributed by atoms with Crippen LogP contribution in [-0.2, 0) is 18.9 Å². The number of carbonyl (C=O) groups is 1. The number of carbonyl (C=O) groups excluding carboxylic acids is 1. The minimum atomic E-state index is -0.227. The number of hydrogen-bond acceptors (Lipinski definition) is 4. The zero-order valence-corrected chi connectivity index (χ0v) is 12.9. The van der Waals surface area contributed by atoms with Crippen LogP contribution >= 0.6 is 0 Å². The molecule has 0 bridgehead atoms. The van der Waals surface area contributed by atoms with Crippen LogP contribution in [-0.4, -0.2) is 32.1 Å². The van der Waals surface area contributed by atoms with Crippen LogP contribution in [0, 0.1) is 0 Å². The lowest BCUT2D eigenvalue weighted by molar-refractivity contribution is -0.118. The van der Waals surface area contributed by atoms with Crippen LogP contribution in [0.15, 0.2) is 49.1 Å². The molecule has 118 valence electrons. The summed E-state index contributed by atoms with van der Waals surface area (Å²) in [5.74, 6) is 0.410. The molecular formula is C16H17N5O2. The van der Waals surface area contributed by atoms with Crippen LogP contribution in [0.3, 0.4) is 0 Å². The molecule has 0 aliphatic rings. The lowest BCUT2D eigenvalue weighted by Crippen LogP contribution is -2.19. The topological polar surface area (TPSA) is 74.0 Å². The van der Waals surface area contributed by atoms with Crippen molar-refractivity contribution in [3.8, 4) is 16.9 Å². The van der Waals surface area contributed by atoms with Gasteiger partial charge in [0.25, 0.3) is 5.91 Å². The summed E-state index contributed by atoms with van der Waals surface area (Å²) in [6.07, 6.45) is 7.05. The van der Waals surface area contributed by atoms with E-state index in [4.69, 9.17) is 4.74 Å². The number of rotatable bonds is 5. The summed E-state index contributed by atoms with van der Waals surface area (Å²) < 4.78 is 8.85. The molecule has 0 saturated heterocycles. The third-order valence-corrected chi connectivity index (χ3v) is 3.25. The Morgan fingerprint density at radius 3 is 2.35 bits per heavy atom. The maximum absolute atomic E-state index is 11.8. The molecule has 1 aromatic carbocycles. The summed E-state index contributed by atoms with van der Waals surface area (Å²) >= 11 is 0. The fourth-order valence-corrected chi connectivity index (χ4v) is 2.15. The van der Waals surface area contributed by atoms with Crippen molar-refractivity contribution >= 4 is 11.6 Å². The molecule has 0 unspecified atom stereocenters. The Balaban J connectivity index is 1.55. The van der Waals surface area contributed by atoms with Gasteiger partial charge in [0.2, 0.25) is 0 Å². The van der Waals surface area contributed by atoms with Gasteiger partial charge in [-0.25, -0.2) is 0 Å². The summed E-state index contributed by atoms with van der Waals surface area (Å²) in [6, 6.07) is 7.54. The highest BCUT2D eigenvalue weighted by molar-refractivity contribution is 5.91. The van der Waals surface area contributed by atoms with Gasteiger partial charge in [-0.2, -0.15) is 10.2 Å². The molecule has 0 aliphatic heterocycles. The monoisotopic (exact) mass is 311 g/mol. The number of hydrogen-bond donors (Lipinski definition) is 1.